The normalized spacial score (nSPS) is 30.6. The SMILES string of the molecule is CC(C)C1C(=O)NC(C)(C)C(=O)N1CC1CSCCS1. The number of piperazine rings is 1. The molecule has 2 unspecified atom stereocenters. The Balaban J connectivity index is 2.18. The minimum Gasteiger partial charge on any atom is -0.340 e. The van der Waals surface area contributed by atoms with E-state index < -0.39 is 5.54 Å². The third-order valence-corrected chi connectivity index (χ3v) is 6.58. The highest BCUT2D eigenvalue weighted by atomic mass is 32.2. The Morgan fingerprint density at radius 1 is 1.35 bits per heavy atom. The molecule has 0 aliphatic carbocycles. The number of hydrogen-bond donors (Lipinski definition) is 1. The standard InChI is InChI=1S/C14H24N2O2S2/c1-9(2)11-12(17)15-14(3,4)13(18)16(11)7-10-8-19-5-6-20-10/h9-11H,5-8H2,1-4H3,(H,15,17). The van der Waals surface area contributed by atoms with Gasteiger partial charge in [0, 0.05) is 29.1 Å². The summed E-state index contributed by atoms with van der Waals surface area (Å²) in [6, 6.07) is -0.331. The second-order valence-corrected chi connectivity index (χ2v) is 8.89. The molecule has 2 fully saturated rings. The van der Waals surface area contributed by atoms with E-state index in [-0.39, 0.29) is 23.8 Å². The molecule has 0 radical (unpaired) electrons. The van der Waals surface area contributed by atoms with Crippen molar-refractivity contribution >= 4 is 35.3 Å². The third kappa shape index (κ3) is 3.27. The number of carbonyl (C=O) groups is 2. The first-order chi connectivity index (χ1) is 9.33. The van der Waals surface area contributed by atoms with Gasteiger partial charge in [-0.05, 0) is 19.8 Å². The van der Waals surface area contributed by atoms with Crippen LogP contribution in [0.4, 0.5) is 0 Å². The van der Waals surface area contributed by atoms with Crippen LogP contribution in [0.5, 0.6) is 0 Å². The zero-order chi connectivity index (χ0) is 14.9. The predicted octanol–water partition coefficient (Wildman–Crippen LogP) is 1.60. The van der Waals surface area contributed by atoms with Gasteiger partial charge in [-0.3, -0.25) is 9.59 Å². The van der Waals surface area contributed by atoms with Crippen molar-refractivity contribution in [2.45, 2.75) is 44.5 Å². The molecule has 0 aromatic heterocycles. The molecule has 2 aliphatic rings. The maximum Gasteiger partial charge on any atom is 0.248 e. The number of nitrogens with zero attached hydrogens (tertiary/aromatic N) is 1. The molecular weight excluding hydrogens is 292 g/mol. The van der Waals surface area contributed by atoms with E-state index in [4.69, 9.17) is 0 Å². The molecule has 2 saturated heterocycles. The molecule has 0 aromatic rings. The highest BCUT2D eigenvalue weighted by Crippen LogP contribution is 2.29. The molecule has 2 amide bonds. The van der Waals surface area contributed by atoms with E-state index in [0.29, 0.717) is 11.8 Å². The minimum atomic E-state index is -0.783. The first kappa shape index (κ1) is 16.0. The van der Waals surface area contributed by atoms with E-state index in [9.17, 15) is 9.59 Å². The molecule has 2 rings (SSSR count). The van der Waals surface area contributed by atoms with E-state index in [2.05, 4.69) is 5.32 Å². The van der Waals surface area contributed by atoms with Crippen LogP contribution in [0.15, 0.2) is 0 Å². The lowest BCUT2D eigenvalue weighted by Crippen LogP contribution is -2.70. The average Bonchev–Trinajstić information content (AvgIpc) is 2.36. The molecule has 20 heavy (non-hydrogen) atoms. The smallest absolute Gasteiger partial charge is 0.248 e. The van der Waals surface area contributed by atoms with Crippen LogP contribution in [-0.4, -0.2) is 57.3 Å². The number of carbonyl (C=O) groups excluding carboxylic acids is 2. The predicted molar refractivity (Wildman–Crippen MR) is 86.1 cm³/mol. The zero-order valence-corrected chi connectivity index (χ0v) is 14.3. The Morgan fingerprint density at radius 3 is 2.60 bits per heavy atom. The monoisotopic (exact) mass is 316 g/mol. The maximum absolute atomic E-state index is 12.7. The van der Waals surface area contributed by atoms with Gasteiger partial charge in [0.2, 0.25) is 11.8 Å². The van der Waals surface area contributed by atoms with Crippen molar-refractivity contribution in [1.82, 2.24) is 10.2 Å². The molecule has 0 bridgehead atoms. The van der Waals surface area contributed by atoms with Crippen molar-refractivity contribution in [3.05, 3.63) is 0 Å². The molecule has 1 N–H and O–H groups in total. The third-order valence-electron chi connectivity index (χ3n) is 3.75. The molecule has 6 heteroatoms. The van der Waals surface area contributed by atoms with Gasteiger partial charge >= 0.3 is 0 Å². The largest absolute Gasteiger partial charge is 0.340 e. The molecule has 4 nitrogen and oxygen atoms in total. The number of rotatable bonds is 3. The number of nitrogens with one attached hydrogen (secondary N) is 1. The number of amides is 2. The van der Waals surface area contributed by atoms with Gasteiger partial charge in [-0.15, -0.1) is 0 Å². The quantitative estimate of drug-likeness (QED) is 0.859. The summed E-state index contributed by atoms with van der Waals surface area (Å²) in [7, 11) is 0. The average molecular weight is 316 g/mol. The Bertz CT molecular complexity index is 393. The van der Waals surface area contributed by atoms with E-state index in [0.717, 1.165) is 11.5 Å². The van der Waals surface area contributed by atoms with Gasteiger partial charge in [-0.25, -0.2) is 0 Å². The van der Waals surface area contributed by atoms with Crippen molar-refractivity contribution in [2.75, 3.05) is 23.8 Å². The molecular formula is C14H24N2O2S2. The summed E-state index contributed by atoms with van der Waals surface area (Å²) < 4.78 is 0. The maximum atomic E-state index is 12.7. The topological polar surface area (TPSA) is 49.4 Å². The zero-order valence-electron chi connectivity index (χ0n) is 12.6. The van der Waals surface area contributed by atoms with Gasteiger partial charge in [0.1, 0.15) is 11.6 Å². The fourth-order valence-electron chi connectivity index (χ4n) is 2.78. The van der Waals surface area contributed by atoms with Gasteiger partial charge in [0.15, 0.2) is 0 Å². The highest BCUT2D eigenvalue weighted by molar-refractivity contribution is 8.06. The summed E-state index contributed by atoms with van der Waals surface area (Å²) in [5.41, 5.74) is -0.783. The number of hydrogen-bond acceptors (Lipinski definition) is 4. The van der Waals surface area contributed by atoms with Gasteiger partial charge in [-0.2, -0.15) is 23.5 Å². The van der Waals surface area contributed by atoms with E-state index >= 15 is 0 Å². The molecule has 2 aliphatic heterocycles. The van der Waals surface area contributed by atoms with Crippen molar-refractivity contribution in [3.8, 4) is 0 Å². The van der Waals surface area contributed by atoms with Crippen molar-refractivity contribution in [2.24, 2.45) is 5.92 Å². The molecule has 0 saturated carbocycles. The highest BCUT2D eigenvalue weighted by Gasteiger charge is 2.46. The van der Waals surface area contributed by atoms with Crippen LogP contribution < -0.4 is 5.32 Å². The molecule has 114 valence electrons. The first-order valence-corrected chi connectivity index (χ1v) is 9.35. The Kier molecular flexibility index (Phi) is 4.95. The van der Waals surface area contributed by atoms with Gasteiger partial charge in [0.05, 0.1) is 0 Å². The van der Waals surface area contributed by atoms with Crippen LogP contribution in [-0.2, 0) is 9.59 Å². The molecule has 0 spiro atoms. The minimum absolute atomic E-state index is 0.0157. The lowest BCUT2D eigenvalue weighted by Gasteiger charge is -2.45. The van der Waals surface area contributed by atoms with Crippen molar-refractivity contribution in [3.63, 3.8) is 0 Å². The van der Waals surface area contributed by atoms with Crippen LogP contribution in [0, 0.1) is 5.92 Å². The van der Waals surface area contributed by atoms with Crippen LogP contribution >= 0.6 is 23.5 Å². The van der Waals surface area contributed by atoms with Crippen LogP contribution in [0.3, 0.4) is 0 Å². The van der Waals surface area contributed by atoms with Crippen LogP contribution in [0.25, 0.3) is 0 Å². The van der Waals surface area contributed by atoms with Gasteiger partial charge in [0.25, 0.3) is 0 Å². The lowest BCUT2D eigenvalue weighted by molar-refractivity contribution is -0.155. The fraction of sp³-hybridized carbons (Fsp3) is 0.857. The van der Waals surface area contributed by atoms with E-state index in [1.54, 1.807) is 13.8 Å². The van der Waals surface area contributed by atoms with E-state index in [1.165, 1.54) is 5.75 Å². The molecule has 2 heterocycles. The number of thioether (sulfide) groups is 2. The molecule has 0 aromatic carbocycles. The van der Waals surface area contributed by atoms with E-state index in [1.807, 2.05) is 42.3 Å². The fourth-order valence-corrected chi connectivity index (χ4v) is 5.45. The Labute approximate surface area is 129 Å². The Morgan fingerprint density at radius 2 is 2.05 bits per heavy atom. The molecule has 2 atom stereocenters. The van der Waals surface area contributed by atoms with Crippen molar-refractivity contribution in [1.29, 1.82) is 0 Å². The second-order valence-electron chi connectivity index (χ2n) is 6.33. The summed E-state index contributed by atoms with van der Waals surface area (Å²) in [5.74, 6) is 3.57. The van der Waals surface area contributed by atoms with Crippen molar-refractivity contribution < 1.29 is 9.59 Å². The van der Waals surface area contributed by atoms with Crippen LogP contribution in [0.1, 0.15) is 27.7 Å². The van der Waals surface area contributed by atoms with Gasteiger partial charge in [-0.1, -0.05) is 13.8 Å². The summed E-state index contributed by atoms with van der Waals surface area (Å²) >= 11 is 3.87. The second kappa shape index (κ2) is 6.18. The Hall–Kier alpha value is -0.360. The lowest BCUT2D eigenvalue weighted by atomic mass is 9.91. The summed E-state index contributed by atoms with van der Waals surface area (Å²) in [6.07, 6.45) is 0. The first-order valence-electron chi connectivity index (χ1n) is 7.15. The summed E-state index contributed by atoms with van der Waals surface area (Å²) in [4.78, 5) is 26.8. The van der Waals surface area contributed by atoms with Crippen LogP contribution in [0.2, 0.25) is 0 Å². The summed E-state index contributed by atoms with van der Waals surface area (Å²) in [5, 5.41) is 3.31. The van der Waals surface area contributed by atoms with Gasteiger partial charge < -0.3 is 10.2 Å². The summed E-state index contributed by atoms with van der Waals surface area (Å²) in [6.45, 7) is 8.28.